The molecule has 2 aromatic rings. The molecule has 0 spiro atoms. The van der Waals surface area contributed by atoms with E-state index in [4.69, 9.17) is 9.47 Å². The molecular formula is C17H21NO4S. The van der Waals surface area contributed by atoms with Crippen molar-refractivity contribution < 1.29 is 17.9 Å². The second-order valence-electron chi connectivity index (χ2n) is 5.08. The molecule has 0 aliphatic rings. The zero-order chi connectivity index (χ0) is 17.0. The third-order valence-corrected chi connectivity index (χ3v) is 5.03. The molecule has 124 valence electrons. The van der Waals surface area contributed by atoms with E-state index in [0.29, 0.717) is 11.4 Å². The summed E-state index contributed by atoms with van der Waals surface area (Å²) in [5, 5.41) is 0. The quantitative estimate of drug-likeness (QED) is 0.879. The number of aryl methyl sites for hydroxylation is 2. The highest BCUT2D eigenvalue weighted by atomic mass is 32.2. The van der Waals surface area contributed by atoms with E-state index in [9.17, 15) is 8.42 Å². The first-order valence-corrected chi connectivity index (χ1v) is 8.74. The molecule has 6 heteroatoms. The van der Waals surface area contributed by atoms with Gasteiger partial charge in [-0.15, -0.1) is 0 Å². The largest absolute Gasteiger partial charge is 0.497 e. The molecule has 0 saturated heterocycles. The third kappa shape index (κ3) is 3.59. The van der Waals surface area contributed by atoms with Gasteiger partial charge in [-0.25, -0.2) is 8.42 Å². The second-order valence-corrected chi connectivity index (χ2v) is 6.74. The summed E-state index contributed by atoms with van der Waals surface area (Å²) in [5.74, 6) is 0.773. The van der Waals surface area contributed by atoms with Crippen molar-refractivity contribution in [2.45, 2.75) is 25.2 Å². The lowest BCUT2D eigenvalue weighted by Gasteiger charge is -2.16. The summed E-state index contributed by atoms with van der Waals surface area (Å²) >= 11 is 0. The lowest BCUT2D eigenvalue weighted by Crippen LogP contribution is -2.16. The molecule has 23 heavy (non-hydrogen) atoms. The van der Waals surface area contributed by atoms with Crippen LogP contribution in [0, 0.1) is 6.92 Å². The minimum Gasteiger partial charge on any atom is -0.497 e. The van der Waals surface area contributed by atoms with E-state index in [1.54, 1.807) is 12.1 Å². The first-order valence-electron chi connectivity index (χ1n) is 7.26. The maximum atomic E-state index is 12.8. The number of anilines is 1. The monoisotopic (exact) mass is 335 g/mol. The molecule has 0 heterocycles. The van der Waals surface area contributed by atoms with Crippen molar-refractivity contribution in [3.05, 3.63) is 47.5 Å². The fourth-order valence-electron chi connectivity index (χ4n) is 2.36. The van der Waals surface area contributed by atoms with Crippen molar-refractivity contribution in [2.24, 2.45) is 0 Å². The van der Waals surface area contributed by atoms with Crippen molar-refractivity contribution in [3.63, 3.8) is 0 Å². The van der Waals surface area contributed by atoms with Gasteiger partial charge in [0.15, 0.2) is 0 Å². The molecule has 0 amide bonds. The molecule has 1 N–H and O–H groups in total. The van der Waals surface area contributed by atoms with Gasteiger partial charge in [-0.3, -0.25) is 4.72 Å². The lowest BCUT2D eigenvalue weighted by atomic mass is 10.1. The number of hydrogen-bond donors (Lipinski definition) is 1. The SMILES string of the molecule is CCc1cccc(C)c1NS(=O)(=O)c1ccc(OC)cc1OC. The fourth-order valence-corrected chi connectivity index (χ4v) is 3.68. The first-order chi connectivity index (χ1) is 10.9. The summed E-state index contributed by atoms with van der Waals surface area (Å²) in [6.45, 7) is 3.86. The van der Waals surface area contributed by atoms with Crippen LogP contribution >= 0.6 is 0 Å². The van der Waals surface area contributed by atoms with Crippen LogP contribution in [0.1, 0.15) is 18.1 Å². The van der Waals surface area contributed by atoms with Crippen LogP contribution < -0.4 is 14.2 Å². The van der Waals surface area contributed by atoms with Crippen LogP contribution in [0.25, 0.3) is 0 Å². The average molecular weight is 335 g/mol. The van der Waals surface area contributed by atoms with Gasteiger partial charge in [0, 0.05) is 6.07 Å². The van der Waals surface area contributed by atoms with E-state index in [0.717, 1.165) is 17.5 Å². The van der Waals surface area contributed by atoms with Gasteiger partial charge in [-0.2, -0.15) is 0 Å². The predicted octanol–water partition coefficient (Wildman–Crippen LogP) is 3.38. The van der Waals surface area contributed by atoms with E-state index in [2.05, 4.69) is 4.72 Å². The molecule has 0 saturated carbocycles. The second kappa shape index (κ2) is 6.91. The Morgan fingerprint density at radius 2 is 1.83 bits per heavy atom. The Bertz CT molecular complexity index is 800. The smallest absolute Gasteiger partial charge is 0.265 e. The first kappa shape index (κ1) is 17.1. The number of benzene rings is 2. The molecule has 0 aliphatic carbocycles. The number of rotatable bonds is 6. The standard InChI is InChI=1S/C17H21NO4S/c1-5-13-8-6-7-12(2)17(13)18-23(19,20)16-10-9-14(21-3)11-15(16)22-4/h6-11,18H,5H2,1-4H3. The van der Waals surface area contributed by atoms with Crippen LogP contribution in [-0.4, -0.2) is 22.6 Å². The van der Waals surface area contributed by atoms with Gasteiger partial charge in [-0.1, -0.05) is 25.1 Å². The normalized spacial score (nSPS) is 11.1. The molecule has 0 bridgehead atoms. The Hall–Kier alpha value is -2.21. The van der Waals surface area contributed by atoms with Gasteiger partial charge >= 0.3 is 0 Å². The summed E-state index contributed by atoms with van der Waals surface area (Å²) < 4.78 is 38.5. The Morgan fingerprint density at radius 1 is 1.09 bits per heavy atom. The minimum atomic E-state index is -3.77. The summed E-state index contributed by atoms with van der Waals surface area (Å²) in [6, 6.07) is 10.3. The van der Waals surface area contributed by atoms with Gasteiger partial charge in [0.1, 0.15) is 16.4 Å². The topological polar surface area (TPSA) is 64.6 Å². The Balaban J connectivity index is 2.48. The van der Waals surface area contributed by atoms with Crippen LogP contribution in [0.5, 0.6) is 11.5 Å². The molecule has 2 rings (SSSR count). The summed E-state index contributed by atoms with van der Waals surface area (Å²) in [4.78, 5) is 0.0751. The molecule has 5 nitrogen and oxygen atoms in total. The molecule has 2 aromatic carbocycles. The molecule has 0 radical (unpaired) electrons. The summed E-state index contributed by atoms with van der Waals surface area (Å²) in [6.07, 6.45) is 0.735. The predicted molar refractivity (Wildman–Crippen MR) is 90.9 cm³/mol. The Kier molecular flexibility index (Phi) is 5.15. The van der Waals surface area contributed by atoms with Crippen LogP contribution in [0.4, 0.5) is 5.69 Å². The van der Waals surface area contributed by atoms with Crippen LogP contribution in [0.3, 0.4) is 0 Å². The maximum Gasteiger partial charge on any atom is 0.265 e. The van der Waals surface area contributed by atoms with E-state index in [1.807, 2.05) is 32.0 Å². The Labute approximate surface area is 137 Å². The molecular weight excluding hydrogens is 314 g/mol. The van der Waals surface area contributed by atoms with Crippen LogP contribution in [0.15, 0.2) is 41.3 Å². The number of sulfonamides is 1. The number of nitrogens with one attached hydrogen (secondary N) is 1. The Morgan fingerprint density at radius 3 is 2.43 bits per heavy atom. The van der Waals surface area contributed by atoms with Crippen molar-refractivity contribution in [2.75, 3.05) is 18.9 Å². The number of para-hydroxylation sites is 1. The fraction of sp³-hybridized carbons (Fsp3) is 0.294. The van der Waals surface area contributed by atoms with Crippen molar-refractivity contribution in [3.8, 4) is 11.5 Å². The molecule has 0 aliphatic heterocycles. The third-order valence-electron chi connectivity index (χ3n) is 3.64. The maximum absolute atomic E-state index is 12.8. The van der Waals surface area contributed by atoms with E-state index in [-0.39, 0.29) is 10.6 Å². The highest BCUT2D eigenvalue weighted by molar-refractivity contribution is 7.92. The van der Waals surface area contributed by atoms with Gasteiger partial charge in [0.25, 0.3) is 10.0 Å². The highest BCUT2D eigenvalue weighted by Gasteiger charge is 2.22. The molecule has 0 aromatic heterocycles. The van der Waals surface area contributed by atoms with Gasteiger partial charge < -0.3 is 9.47 Å². The van der Waals surface area contributed by atoms with Crippen molar-refractivity contribution >= 4 is 15.7 Å². The molecule has 0 fully saturated rings. The van der Waals surface area contributed by atoms with E-state index >= 15 is 0 Å². The zero-order valence-electron chi connectivity index (χ0n) is 13.7. The number of ether oxygens (including phenoxy) is 2. The van der Waals surface area contributed by atoms with E-state index < -0.39 is 10.0 Å². The number of methoxy groups -OCH3 is 2. The average Bonchev–Trinajstić information content (AvgIpc) is 2.55. The summed E-state index contributed by atoms with van der Waals surface area (Å²) in [5.41, 5.74) is 2.44. The minimum absolute atomic E-state index is 0.0751. The van der Waals surface area contributed by atoms with Gasteiger partial charge in [-0.05, 0) is 36.6 Å². The molecule has 0 unspecified atom stereocenters. The van der Waals surface area contributed by atoms with Crippen LogP contribution in [0.2, 0.25) is 0 Å². The molecule has 0 atom stereocenters. The van der Waals surface area contributed by atoms with Gasteiger partial charge in [0.05, 0.1) is 19.9 Å². The highest BCUT2D eigenvalue weighted by Crippen LogP contribution is 2.31. The lowest BCUT2D eigenvalue weighted by molar-refractivity contribution is 0.386. The number of hydrogen-bond acceptors (Lipinski definition) is 4. The van der Waals surface area contributed by atoms with Crippen LogP contribution in [-0.2, 0) is 16.4 Å². The zero-order valence-corrected chi connectivity index (χ0v) is 14.5. The van der Waals surface area contributed by atoms with Gasteiger partial charge in [0.2, 0.25) is 0 Å². The van der Waals surface area contributed by atoms with Crippen molar-refractivity contribution in [1.29, 1.82) is 0 Å². The summed E-state index contributed by atoms with van der Waals surface area (Å²) in [7, 11) is -0.821. The van der Waals surface area contributed by atoms with E-state index in [1.165, 1.54) is 20.3 Å². The van der Waals surface area contributed by atoms with Crippen molar-refractivity contribution in [1.82, 2.24) is 0 Å².